The van der Waals surface area contributed by atoms with Crippen LogP contribution in [0.2, 0.25) is 5.02 Å². The van der Waals surface area contributed by atoms with Crippen LogP contribution in [0.4, 0.5) is 5.69 Å². The molecule has 1 aromatic heterocycles. The Kier molecular flexibility index (Phi) is 7.53. The molecule has 0 unspecified atom stereocenters. The van der Waals surface area contributed by atoms with Gasteiger partial charge in [0.25, 0.3) is 5.56 Å². The lowest BCUT2D eigenvalue weighted by Crippen LogP contribution is -2.25. The van der Waals surface area contributed by atoms with Crippen LogP contribution in [0.5, 0.6) is 0 Å². The first kappa shape index (κ1) is 22.3. The second-order valence-electron chi connectivity index (χ2n) is 6.99. The summed E-state index contributed by atoms with van der Waals surface area (Å²) in [5.41, 5.74) is 3.05. The molecule has 0 aliphatic carbocycles. The number of thioether (sulfide) groups is 1. The first-order chi connectivity index (χ1) is 14.4. The van der Waals surface area contributed by atoms with E-state index in [9.17, 15) is 9.59 Å². The summed E-state index contributed by atoms with van der Waals surface area (Å²) in [4.78, 5) is 30.1. The van der Waals surface area contributed by atoms with Gasteiger partial charge in [-0.1, -0.05) is 41.6 Å². The van der Waals surface area contributed by atoms with E-state index in [4.69, 9.17) is 16.3 Å². The number of hydrogen-bond acceptors (Lipinski definition) is 5. The highest BCUT2D eigenvalue weighted by atomic mass is 35.5. The minimum atomic E-state index is -0.209. The lowest BCUT2D eigenvalue weighted by molar-refractivity contribution is -0.113. The van der Waals surface area contributed by atoms with Crippen LogP contribution in [0.1, 0.15) is 17.5 Å². The highest BCUT2D eigenvalue weighted by molar-refractivity contribution is 7.99. The van der Waals surface area contributed by atoms with Crippen LogP contribution in [-0.2, 0) is 16.1 Å². The molecule has 0 aliphatic heterocycles. The maximum Gasteiger partial charge on any atom is 0.262 e. The molecule has 0 saturated heterocycles. The summed E-state index contributed by atoms with van der Waals surface area (Å²) in [6, 6.07) is 11.0. The van der Waals surface area contributed by atoms with Crippen molar-refractivity contribution in [1.82, 2.24) is 9.55 Å². The van der Waals surface area contributed by atoms with Crippen molar-refractivity contribution in [3.63, 3.8) is 0 Å². The Morgan fingerprint density at radius 1 is 1.27 bits per heavy atom. The van der Waals surface area contributed by atoms with Crippen molar-refractivity contribution in [2.45, 2.75) is 32.0 Å². The minimum absolute atomic E-state index is 0.110. The number of para-hydroxylation sites is 1. The fourth-order valence-electron chi connectivity index (χ4n) is 3.20. The summed E-state index contributed by atoms with van der Waals surface area (Å²) in [6.45, 7) is 4.86. The van der Waals surface area contributed by atoms with Crippen molar-refractivity contribution >= 4 is 45.9 Å². The number of hydrogen-bond donors (Lipinski definition) is 1. The van der Waals surface area contributed by atoms with Gasteiger partial charge in [0.1, 0.15) is 0 Å². The standard InChI is InChI=1S/C22H24ClN3O3S/c1-14-11-15(2)20(17(23)12-14)25-19(27)13-30-22-24-18-8-5-4-7-16(18)21(28)26(22)9-6-10-29-3/h4-5,7-8,11-12H,6,9-10,13H2,1-3H3,(H,25,27). The van der Waals surface area contributed by atoms with Crippen molar-refractivity contribution in [1.29, 1.82) is 0 Å². The van der Waals surface area contributed by atoms with Crippen LogP contribution < -0.4 is 10.9 Å². The van der Waals surface area contributed by atoms with E-state index in [1.54, 1.807) is 23.8 Å². The van der Waals surface area contributed by atoms with Gasteiger partial charge in [0.15, 0.2) is 5.16 Å². The third-order valence-electron chi connectivity index (χ3n) is 4.59. The molecule has 0 aliphatic rings. The van der Waals surface area contributed by atoms with E-state index in [0.717, 1.165) is 11.1 Å². The molecular weight excluding hydrogens is 422 g/mol. The molecule has 8 heteroatoms. The average molecular weight is 446 g/mol. The number of nitrogens with one attached hydrogen (secondary N) is 1. The minimum Gasteiger partial charge on any atom is -0.385 e. The van der Waals surface area contributed by atoms with E-state index in [1.165, 1.54) is 11.8 Å². The van der Waals surface area contributed by atoms with Crippen LogP contribution >= 0.6 is 23.4 Å². The number of carbonyl (C=O) groups is 1. The van der Waals surface area contributed by atoms with Gasteiger partial charge in [0.05, 0.1) is 27.4 Å². The third kappa shape index (κ3) is 5.22. The third-order valence-corrected chi connectivity index (χ3v) is 5.86. The van der Waals surface area contributed by atoms with Crippen molar-refractivity contribution < 1.29 is 9.53 Å². The van der Waals surface area contributed by atoms with E-state index in [1.807, 2.05) is 38.1 Å². The van der Waals surface area contributed by atoms with Gasteiger partial charge in [-0.05, 0) is 49.6 Å². The number of aromatic nitrogens is 2. The molecule has 3 rings (SSSR count). The lowest BCUT2D eigenvalue weighted by atomic mass is 10.1. The van der Waals surface area contributed by atoms with Crippen LogP contribution in [0.25, 0.3) is 10.9 Å². The van der Waals surface area contributed by atoms with Gasteiger partial charge in [-0.25, -0.2) is 4.98 Å². The number of halogens is 1. The molecule has 3 aromatic rings. The lowest BCUT2D eigenvalue weighted by Gasteiger charge is -2.14. The number of anilines is 1. The van der Waals surface area contributed by atoms with Gasteiger partial charge in [0.2, 0.25) is 5.91 Å². The molecule has 158 valence electrons. The fraction of sp³-hybridized carbons (Fsp3) is 0.318. The number of rotatable bonds is 8. The summed E-state index contributed by atoms with van der Waals surface area (Å²) in [5.74, 6) is -0.0988. The Bertz CT molecular complexity index is 1110. The molecule has 0 spiro atoms. The van der Waals surface area contributed by atoms with Crippen molar-refractivity contribution in [2.75, 3.05) is 24.8 Å². The first-order valence-electron chi connectivity index (χ1n) is 9.58. The Hall–Kier alpha value is -2.35. The molecule has 30 heavy (non-hydrogen) atoms. The number of fused-ring (bicyclic) bond motifs is 1. The second-order valence-corrected chi connectivity index (χ2v) is 8.34. The zero-order chi connectivity index (χ0) is 21.7. The van der Waals surface area contributed by atoms with Crippen LogP contribution in [-0.4, -0.2) is 34.9 Å². The molecule has 1 amide bonds. The average Bonchev–Trinajstić information content (AvgIpc) is 2.71. The van der Waals surface area contributed by atoms with E-state index in [2.05, 4.69) is 10.3 Å². The van der Waals surface area contributed by atoms with Crippen molar-refractivity contribution in [2.24, 2.45) is 0 Å². The number of nitrogens with zero attached hydrogens (tertiary/aromatic N) is 2. The predicted octanol–water partition coefficient (Wildman–Crippen LogP) is 4.43. The first-order valence-corrected chi connectivity index (χ1v) is 10.9. The van der Waals surface area contributed by atoms with Crippen LogP contribution in [0, 0.1) is 13.8 Å². The zero-order valence-corrected chi connectivity index (χ0v) is 18.8. The molecule has 1 N–H and O–H groups in total. The smallest absolute Gasteiger partial charge is 0.262 e. The Morgan fingerprint density at radius 2 is 2.03 bits per heavy atom. The van der Waals surface area contributed by atoms with Crippen LogP contribution in [0.3, 0.4) is 0 Å². The molecule has 2 aromatic carbocycles. The Morgan fingerprint density at radius 3 is 2.77 bits per heavy atom. The molecule has 0 saturated carbocycles. The molecule has 0 fully saturated rings. The van der Waals surface area contributed by atoms with Gasteiger partial charge in [-0.2, -0.15) is 0 Å². The summed E-state index contributed by atoms with van der Waals surface area (Å²) in [6.07, 6.45) is 0.675. The largest absolute Gasteiger partial charge is 0.385 e. The highest BCUT2D eigenvalue weighted by Gasteiger charge is 2.15. The van der Waals surface area contributed by atoms with E-state index < -0.39 is 0 Å². The normalized spacial score (nSPS) is 11.1. The summed E-state index contributed by atoms with van der Waals surface area (Å²) < 4.78 is 6.72. The number of benzene rings is 2. The number of aryl methyl sites for hydroxylation is 2. The Balaban J connectivity index is 1.81. The van der Waals surface area contributed by atoms with Crippen molar-refractivity contribution in [3.05, 3.63) is 62.9 Å². The van der Waals surface area contributed by atoms with E-state index in [0.29, 0.717) is 46.3 Å². The maximum atomic E-state index is 13.0. The van der Waals surface area contributed by atoms with Gasteiger partial charge in [-0.15, -0.1) is 0 Å². The highest BCUT2D eigenvalue weighted by Crippen LogP contribution is 2.28. The fourth-order valence-corrected chi connectivity index (χ4v) is 4.40. The summed E-state index contributed by atoms with van der Waals surface area (Å²) in [7, 11) is 1.62. The molecule has 0 radical (unpaired) electrons. The van der Waals surface area contributed by atoms with Gasteiger partial charge in [-0.3, -0.25) is 14.2 Å². The predicted molar refractivity (Wildman–Crippen MR) is 123 cm³/mol. The number of amides is 1. The van der Waals surface area contributed by atoms with E-state index in [-0.39, 0.29) is 17.2 Å². The van der Waals surface area contributed by atoms with Gasteiger partial charge < -0.3 is 10.1 Å². The maximum absolute atomic E-state index is 13.0. The van der Waals surface area contributed by atoms with Gasteiger partial charge in [0, 0.05) is 20.3 Å². The monoisotopic (exact) mass is 445 g/mol. The molecule has 0 atom stereocenters. The molecule has 1 heterocycles. The summed E-state index contributed by atoms with van der Waals surface area (Å²) >= 11 is 7.52. The number of methoxy groups -OCH3 is 1. The number of ether oxygens (including phenoxy) is 1. The molecular formula is C22H24ClN3O3S. The van der Waals surface area contributed by atoms with Gasteiger partial charge >= 0.3 is 0 Å². The summed E-state index contributed by atoms with van der Waals surface area (Å²) in [5, 5.41) is 4.45. The zero-order valence-electron chi connectivity index (χ0n) is 17.2. The van der Waals surface area contributed by atoms with E-state index >= 15 is 0 Å². The quantitative estimate of drug-likeness (QED) is 0.315. The second kappa shape index (κ2) is 10.1. The molecule has 0 bridgehead atoms. The number of carbonyl (C=O) groups excluding carboxylic acids is 1. The van der Waals surface area contributed by atoms with Crippen molar-refractivity contribution in [3.8, 4) is 0 Å². The molecule has 6 nitrogen and oxygen atoms in total. The topological polar surface area (TPSA) is 73.2 Å². The van der Waals surface area contributed by atoms with Crippen LogP contribution in [0.15, 0.2) is 46.3 Å². The SMILES string of the molecule is COCCCn1c(SCC(=O)Nc2c(C)cc(C)cc2Cl)nc2ccccc2c1=O. The Labute approximate surface area is 184 Å².